The summed E-state index contributed by atoms with van der Waals surface area (Å²) < 4.78 is 0. The summed E-state index contributed by atoms with van der Waals surface area (Å²) in [6.45, 7) is 9.98. The van der Waals surface area contributed by atoms with Gasteiger partial charge in [-0.05, 0) is 80.0 Å². The lowest BCUT2D eigenvalue weighted by Crippen LogP contribution is -2.38. The molecule has 0 aliphatic carbocycles. The first-order valence-electron chi connectivity index (χ1n) is 7.77. The molecule has 1 nitrogen and oxygen atoms in total. The maximum absolute atomic E-state index is 3.68. The van der Waals surface area contributed by atoms with Gasteiger partial charge in [-0.1, -0.05) is 24.3 Å². The fourth-order valence-corrected chi connectivity index (χ4v) is 3.32. The van der Waals surface area contributed by atoms with Gasteiger partial charge >= 0.3 is 0 Å². The zero-order valence-corrected chi connectivity index (χ0v) is 14.5. The summed E-state index contributed by atoms with van der Waals surface area (Å²) >= 11 is 1.79. The number of rotatable bonds is 6. The molecule has 1 aromatic heterocycles. The number of hydrogen-bond donors (Lipinski definition) is 1. The molecule has 114 valence electrons. The molecule has 0 amide bonds. The molecule has 0 spiro atoms. The molecule has 1 atom stereocenters. The van der Waals surface area contributed by atoms with Gasteiger partial charge in [-0.15, -0.1) is 0 Å². The van der Waals surface area contributed by atoms with Crippen molar-refractivity contribution in [2.24, 2.45) is 0 Å². The minimum atomic E-state index is 0.170. The van der Waals surface area contributed by atoms with E-state index in [0.717, 1.165) is 13.0 Å². The Balaban J connectivity index is 2.08. The highest BCUT2D eigenvalue weighted by Gasteiger charge is 2.17. The monoisotopic (exact) mass is 301 g/mol. The molecule has 2 rings (SSSR count). The molecule has 0 fully saturated rings. The molecular weight excluding hydrogens is 274 g/mol. The van der Waals surface area contributed by atoms with E-state index >= 15 is 0 Å². The lowest BCUT2D eigenvalue weighted by molar-refractivity contribution is 0.399. The average Bonchev–Trinajstić information content (AvgIpc) is 2.92. The van der Waals surface area contributed by atoms with Gasteiger partial charge in [-0.3, -0.25) is 0 Å². The quantitative estimate of drug-likeness (QED) is 0.777. The van der Waals surface area contributed by atoms with E-state index in [1.807, 2.05) is 0 Å². The van der Waals surface area contributed by atoms with Crippen molar-refractivity contribution in [3.63, 3.8) is 0 Å². The summed E-state index contributed by atoms with van der Waals surface area (Å²) in [6.07, 6.45) is 2.36. The summed E-state index contributed by atoms with van der Waals surface area (Å²) in [5.74, 6) is 0.574. The third-order valence-corrected chi connectivity index (χ3v) is 4.60. The topological polar surface area (TPSA) is 12.0 Å². The van der Waals surface area contributed by atoms with Gasteiger partial charge in [0.25, 0.3) is 0 Å². The highest BCUT2D eigenvalue weighted by atomic mass is 32.1. The van der Waals surface area contributed by atoms with E-state index < -0.39 is 0 Å². The van der Waals surface area contributed by atoms with Gasteiger partial charge in [-0.2, -0.15) is 11.3 Å². The number of benzene rings is 1. The van der Waals surface area contributed by atoms with Crippen LogP contribution in [0.4, 0.5) is 0 Å². The van der Waals surface area contributed by atoms with Crippen LogP contribution in [0.3, 0.4) is 0 Å². The van der Waals surface area contributed by atoms with Crippen molar-refractivity contribution in [1.29, 1.82) is 0 Å². The standard InChI is InChI=1S/C19H27NS/c1-15-7-5-6-8-18(15)17(13-20-19(2,3)4)10-9-16-11-12-21-14-16/h5-8,11-12,14,17,20H,9-10,13H2,1-4H3. The second kappa shape index (κ2) is 7.24. The maximum Gasteiger partial charge on any atom is 0.00967 e. The zero-order chi connectivity index (χ0) is 15.3. The van der Waals surface area contributed by atoms with Crippen LogP contribution in [0.2, 0.25) is 0 Å². The molecule has 2 heteroatoms. The lowest BCUT2D eigenvalue weighted by atomic mass is 9.89. The van der Waals surface area contributed by atoms with Crippen molar-refractivity contribution in [2.75, 3.05) is 6.54 Å². The van der Waals surface area contributed by atoms with Crippen LogP contribution in [0, 0.1) is 6.92 Å². The molecule has 0 bridgehead atoms. The molecule has 1 unspecified atom stereocenters. The number of aryl methyl sites for hydroxylation is 2. The van der Waals surface area contributed by atoms with Crippen LogP contribution < -0.4 is 5.32 Å². The number of nitrogens with one attached hydrogen (secondary N) is 1. The third kappa shape index (κ3) is 5.29. The van der Waals surface area contributed by atoms with E-state index in [4.69, 9.17) is 0 Å². The lowest BCUT2D eigenvalue weighted by Gasteiger charge is -2.26. The zero-order valence-electron chi connectivity index (χ0n) is 13.6. The third-order valence-electron chi connectivity index (χ3n) is 3.87. The van der Waals surface area contributed by atoms with E-state index in [1.54, 1.807) is 11.3 Å². The molecule has 2 aromatic rings. The van der Waals surface area contributed by atoms with E-state index in [2.05, 4.69) is 74.1 Å². The van der Waals surface area contributed by atoms with Crippen molar-refractivity contribution in [1.82, 2.24) is 5.32 Å². The Hall–Kier alpha value is -1.12. The van der Waals surface area contributed by atoms with Gasteiger partial charge in [-0.25, -0.2) is 0 Å². The van der Waals surface area contributed by atoms with Crippen LogP contribution in [0.1, 0.15) is 49.8 Å². The molecule has 21 heavy (non-hydrogen) atoms. The first-order chi connectivity index (χ1) is 9.96. The molecule has 1 aromatic carbocycles. The number of thiophene rings is 1. The van der Waals surface area contributed by atoms with Gasteiger partial charge in [0, 0.05) is 12.1 Å². The van der Waals surface area contributed by atoms with E-state index in [0.29, 0.717) is 5.92 Å². The summed E-state index contributed by atoms with van der Waals surface area (Å²) in [5.41, 5.74) is 4.53. The summed E-state index contributed by atoms with van der Waals surface area (Å²) in [7, 11) is 0. The van der Waals surface area contributed by atoms with E-state index in [1.165, 1.54) is 23.1 Å². The fourth-order valence-electron chi connectivity index (χ4n) is 2.62. The van der Waals surface area contributed by atoms with E-state index in [-0.39, 0.29) is 5.54 Å². The van der Waals surface area contributed by atoms with Crippen LogP contribution in [0.15, 0.2) is 41.1 Å². The molecular formula is C19H27NS. The SMILES string of the molecule is Cc1ccccc1C(CCc1ccsc1)CNC(C)(C)C. The largest absolute Gasteiger partial charge is 0.311 e. The van der Waals surface area contributed by atoms with Gasteiger partial charge in [0.2, 0.25) is 0 Å². The minimum Gasteiger partial charge on any atom is -0.311 e. The molecule has 0 aliphatic heterocycles. The van der Waals surface area contributed by atoms with Crippen LogP contribution in [-0.4, -0.2) is 12.1 Å². The van der Waals surface area contributed by atoms with Crippen molar-refractivity contribution < 1.29 is 0 Å². The second-order valence-corrected chi connectivity index (χ2v) is 7.63. The number of hydrogen-bond acceptors (Lipinski definition) is 2. The Labute approximate surface area is 133 Å². The normalized spacial score (nSPS) is 13.3. The van der Waals surface area contributed by atoms with Gasteiger partial charge in [0.15, 0.2) is 0 Å². The average molecular weight is 301 g/mol. The predicted molar refractivity (Wildman–Crippen MR) is 94.3 cm³/mol. The molecule has 1 N–H and O–H groups in total. The Kier molecular flexibility index (Phi) is 5.60. The van der Waals surface area contributed by atoms with Crippen molar-refractivity contribution in [2.45, 2.75) is 52.0 Å². The Bertz CT molecular complexity index is 537. The van der Waals surface area contributed by atoms with Crippen molar-refractivity contribution in [3.8, 4) is 0 Å². The van der Waals surface area contributed by atoms with Crippen LogP contribution in [0.25, 0.3) is 0 Å². The Morgan fingerprint density at radius 2 is 1.90 bits per heavy atom. The smallest absolute Gasteiger partial charge is 0.00967 e. The van der Waals surface area contributed by atoms with Crippen LogP contribution in [0.5, 0.6) is 0 Å². The van der Waals surface area contributed by atoms with Gasteiger partial charge in [0.1, 0.15) is 0 Å². The second-order valence-electron chi connectivity index (χ2n) is 6.85. The Morgan fingerprint density at radius 1 is 1.14 bits per heavy atom. The summed E-state index contributed by atoms with van der Waals surface area (Å²) in [6, 6.07) is 11.1. The molecule has 1 heterocycles. The van der Waals surface area contributed by atoms with Crippen molar-refractivity contribution in [3.05, 3.63) is 57.8 Å². The van der Waals surface area contributed by atoms with Crippen LogP contribution in [-0.2, 0) is 6.42 Å². The fraction of sp³-hybridized carbons (Fsp3) is 0.474. The Morgan fingerprint density at radius 3 is 2.52 bits per heavy atom. The molecule has 0 saturated carbocycles. The molecule has 0 aliphatic rings. The highest BCUT2D eigenvalue weighted by molar-refractivity contribution is 7.07. The summed E-state index contributed by atoms with van der Waals surface area (Å²) in [5, 5.41) is 8.12. The molecule has 0 radical (unpaired) electrons. The minimum absolute atomic E-state index is 0.170. The van der Waals surface area contributed by atoms with Gasteiger partial charge < -0.3 is 5.32 Å². The first-order valence-corrected chi connectivity index (χ1v) is 8.71. The van der Waals surface area contributed by atoms with Crippen LogP contribution >= 0.6 is 11.3 Å². The highest BCUT2D eigenvalue weighted by Crippen LogP contribution is 2.25. The summed E-state index contributed by atoms with van der Waals surface area (Å²) in [4.78, 5) is 0. The maximum atomic E-state index is 3.68. The van der Waals surface area contributed by atoms with Gasteiger partial charge in [0.05, 0.1) is 0 Å². The van der Waals surface area contributed by atoms with E-state index in [9.17, 15) is 0 Å². The molecule has 0 saturated heterocycles. The first kappa shape index (κ1) is 16.3. The van der Waals surface area contributed by atoms with Crippen molar-refractivity contribution >= 4 is 11.3 Å². The predicted octanol–water partition coefficient (Wildman–Crippen LogP) is 5.16.